The van der Waals surface area contributed by atoms with Crippen LogP contribution < -0.4 is 4.72 Å². The molecule has 1 aromatic rings. The Hall–Kier alpha value is -1.34. The molecule has 1 N–H and O–H groups in total. The van der Waals surface area contributed by atoms with E-state index in [-0.39, 0.29) is 11.9 Å². The highest BCUT2D eigenvalue weighted by molar-refractivity contribution is 7.88. The number of nitrogens with one attached hydrogen (secondary N) is 1. The summed E-state index contributed by atoms with van der Waals surface area (Å²) in [5.74, 6) is 1.97. The van der Waals surface area contributed by atoms with Crippen LogP contribution >= 0.6 is 0 Å². The fourth-order valence-electron chi connectivity index (χ4n) is 3.06. The summed E-state index contributed by atoms with van der Waals surface area (Å²) in [5, 5.41) is 0. The van der Waals surface area contributed by atoms with Crippen molar-refractivity contribution in [3.8, 4) is 0 Å². The van der Waals surface area contributed by atoms with Gasteiger partial charge in [-0.1, -0.05) is 13.8 Å². The monoisotopic (exact) mass is 342 g/mol. The summed E-state index contributed by atoms with van der Waals surface area (Å²) in [5.41, 5.74) is 0. The molecule has 3 unspecified atom stereocenters. The summed E-state index contributed by atoms with van der Waals surface area (Å²) in [4.78, 5) is 14.5. The molecule has 1 fully saturated rings. The number of nitrogens with zero attached hydrogens (tertiary/aromatic N) is 1. The molecule has 23 heavy (non-hydrogen) atoms. The fourth-order valence-corrected chi connectivity index (χ4v) is 3.80. The molecule has 3 atom stereocenters. The van der Waals surface area contributed by atoms with Crippen molar-refractivity contribution in [2.45, 2.75) is 52.1 Å². The number of furan rings is 1. The largest absolute Gasteiger partial charge is 0.464 e. The minimum absolute atomic E-state index is 0.129. The smallest absolute Gasteiger partial charge is 0.241 e. The Labute approximate surface area is 138 Å². The van der Waals surface area contributed by atoms with Crippen LogP contribution in [0.1, 0.15) is 51.2 Å². The van der Waals surface area contributed by atoms with Gasteiger partial charge in [0.2, 0.25) is 15.9 Å². The SMILES string of the molecule is CCc1ccc(C2CC(C)CCN2C(=O)C(C)NS(C)(=O)=O)o1. The van der Waals surface area contributed by atoms with Crippen LogP contribution in [-0.2, 0) is 21.2 Å². The number of hydrogen-bond acceptors (Lipinski definition) is 4. The first kappa shape index (κ1) is 18.0. The van der Waals surface area contributed by atoms with E-state index in [1.807, 2.05) is 19.1 Å². The average molecular weight is 342 g/mol. The molecule has 0 aliphatic carbocycles. The topological polar surface area (TPSA) is 79.6 Å². The quantitative estimate of drug-likeness (QED) is 0.888. The minimum Gasteiger partial charge on any atom is -0.464 e. The van der Waals surface area contributed by atoms with Crippen LogP contribution in [0.2, 0.25) is 0 Å². The molecule has 2 heterocycles. The van der Waals surface area contributed by atoms with Gasteiger partial charge in [0.1, 0.15) is 11.5 Å². The fraction of sp³-hybridized carbons (Fsp3) is 0.688. The highest BCUT2D eigenvalue weighted by Gasteiger charge is 2.35. The van der Waals surface area contributed by atoms with E-state index in [1.165, 1.54) is 0 Å². The van der Waals surface area contributed by atoms with E-state index in [2.05, 4.69) is 11.6 Å². The zero-order valence-corrected chi connectivity index (χ0v) is 15.0. The number of amides is 1. The van der Waals surface area contributed by atoms with E-state index in [0.29, 0.717) is 12.5 Å². The molecule has 1 amide bonds. The Kier molecular flexibility index (Phi) is 5.52. The van der Waals surface area contributed by atoms with Crippen molar-refractivity contribution in [3.63, 3.8) is 0 Å². The Morgan fingerprint density at radius 2 is 2.17 bits per heavy atom. The van der Waals surface area contributed by atoms with Crippen LogP contribution in [0.5, 0.6) is 0 Å². The van der Waals surface area contributed by atoms with Crippen molar-refractivity contribution >= 4 is 15.9 Å². The lowest BCUT2D eigenvalue weighted by molar-refractivity contribution is -0.137. The molecule has 1 saturated heterocycles. The van der Waals surface area contributed by atoms with Crippen LogP contribution in [-0.4, -0.2) is 38.1 Å². The van der Waals surface area contributed by atoms with Crippen molar-refractivity contribution in [2.75, 3.05) is 12.8 Å². The van der Waals surface area contributed by atoms with Gasteiger partial charge in [0, 0.05) is 13.0 Å². The van der Waals surface area contributed by atoms with Gasteiger partial charge in [0.25, 0.3) is 0 Å². The third-order valence-corrected chi connectivity index (χ3v) is 5.05. The number of hydrogen-bond donors (Lipinski definition) is 1. The number of rotatable bonds is 5. The molecule has 1 aliphatic heterocycles. The van der Waals surface area contributed by atoms with Gasteiger partial charge in [0.05, 0.1) is 18.3 Å². The summed E-state index contributed by atoms with van der Waals surface area (Å²) in [6, 6.07) is 2.96. The molecule has 6 nitrogen and oxygen atoms in total. The Bertz CT molecular complexity index is 653. The summed E-state index contributed by atoms with van der Waals surface area (Å²) < 4.78 is 31.0. The van der Waals surface area contributed by atoms with Crippen molar-refractivity contribution in [1.29, 1.82) is 0 Å². The van der Waals surface area contributed by atoms with Gasteiger partial charge in [-0.25, -0.2) is 13.1 Å². The average Bonchev–Trinajstić information content (AvgIpc) is 2.93. The number of piperidine rings is 1. The van der Waals surface area contributed by atoms with Gasteiger partial charge in [-0.05, 0) is 37.8 Å². The second-order valence-corrected chi connectivity index (χ2v) is 8.23. The van der Waals surface area contributed by atoms with E-state index in [9.17, 15) is 13.2 Å². The maximum atomic E-state index is 12.7. The Morgan fingerprint density at radius 1 is 1.48 bits per heavy atom. The Morgan fingerprint density at radius 3 is 2.74 bits per heavy atom. The first-order valence-corrected chi connectivity index (χ1v) is 9.96. The summed E-state index contributed by atoms with van der Waals surface area (Å²) in [7, 11) is -3.42. The normalized spacial score (nSPS) is 23.7. The predicted molar refractivity (Wildman–Crippen MR) is 88.4 cm³/mol. The molecule has 0 saturated carbocycles. The predicted octanol–water partition coefficient (Wildman–Crippen LogP) is 2.08. The molecule has 0 aromatic carbocycles. The highest BCUT2D eigenvalue weighted by atomic mass is 32.2. The van der Waals surface area contributed by atoms with Gasteiger partial charge in [0.15, 0.2) is 0 Å². The summed E-state index contributed by atoms with van der Waals surface area (Å²) >= 11 is 0. The number of carbonyl (C=O) groups excluding carboxylic acids is 1. The van der Waals surface area contributed by atoms with Crippen molar-refractivity contribution < 1.29 is 17.6 Å². The van der Waals surface area contributed by atoms with Gasteiger partial charge in [-0.2, -0.15) is 0 Å². The third-order valence-electron chi connectivity index (χ3n) is 4.27. The molecule has 1 aliphatic rings. The van der Waals surface area contributed by atoms with E-state index in [1.54, 1.807) is 11.8 Å². The number of carbonyl (C=O) groups is 1. The first-order chi connectivity index (χ1) is 10.7. The van der Waals surface area contributed by atoms with Crippen LogP contribution in [0.15, 0.2) is 16.5 Å². The first-order valence-electron chi connectivity index (χ1n) is 8.07. The lowest BCUT2D eigenvalue weighted by atomic mass is 9.90. The second kappa shape index (κ2) is 7.05. The molecule has 1 aromatic heterocycles. The third kappa shape index (κ3) is 4.57. The lowest BCUT2D eigenvalue weighted by Crippen LogP contribution is -2.50. The molecular formula is C16H26N2O4S. The minimum atomic E-state index is -3.42. The lowest BCUT2D eigenvalue weighted by Gasteiger charge is -2.38. The van der Waals surface area contributed by atoms with Crippen LogP contribution in [0, 0.1) is 5.92 Å². The summed E-state index contributed by atoms with van der Waals surface area (Å²) in [6.45, 7) is 6.38. The van der Waals surface area contributed by atoms with Crippen molar-refractivity contribution in [1.82, 2.24) is 9.62 Å². The molecule has 2 rings (SSSR count). The standard InChI is InChI=1S/C16H26N2O4S/c1-5-13-6-7-15(22-13)14-10-11(2)8-9-18(14)16(19)12(3)17-23(4,20)21/h6-7,11-12,14,17H,5,8-10H2,1-4H3. The maximum Gasteiger partial charge on any atom is 0.241 e. The molecule has 0 spiro atoms. The maximum absolute atomic E-state index is 12.7. The van der Waals surface area contributed by atoms with Crippen molar-refractivity contribution in [3.05, 3.63) is 23.7 Å². The zero-order valence-electron chi connectivity index (χ0n) is 14.2. The highest BCUT2D eigenvalue weighted by Crippen LogP contribution is 2.35. The summed E-state index contributed by atoms with van der Waals surface area (Å²) in [6.07, 6.45) is 3.61. The van der Waals surface area contributed by atoms with Crippen molar-refractivity contribution in [2.24, 2.45) is 5.92 Å². The van der Waals surface area contributed by atoms with Gasteiger partial charge >= 0.3 is 0 Å². The van der Waals surface area contributed by atoms with Gasteiger partial charge < -0.3 is 9.32 Å². The Balaban J connectivity index is 2.21. The van der Waals surface area contributed by atoms with Crippen LogP contribution in [0.3, 0.4) is 0 Å². The molecular weight excluding hydrogens is 316 g/mol. The molecule has 7 heteroatoms. The van der Waals surface area contributed by atoms with E-state index in [4.69, 9.17) is 4.42 Å². The second-order valence-electron chi connectivity index (χ2n) is 6.45. The van der Waals surface area contributed by atoms with E-state index < -0.39 is 16.1 Å². The van der Waals surface area contributed by atoms with E-state index >= 15 is 0 Å². The molecule has 0 radical (unpaired) electrons. The van der Waals surface area contributed by atoms with Gasteiger partial charge in [-0.3, -0.25) is 4.79 Å². The molecule has 130 valence electrons. The van der Waals surface area contributed by atoms with E-state index in [0.717, 1.165) is 37.0 Å². The van der Waals surface area contributed by atoms with Gasteiger partial charge in [-0.15, -0.1) is 0 Å². The zero-order chi connectivity index (χ0) is 17.2. The number of likely N-dealkylation sites (tertiary alicyclic amines) is 1. The number of aryl methyl sites for hydroxylation is 1. The van der Waals surface area contributed by atoms with Crippen LogP contribution in [0.25, 0.3) is 0 Å². The molecule has 0 bridgehead atoms. The number of sulfonamides is 1. The van der Waals surface area contributed by atoms with Crippen LogP contribution in [0.4, 0.5) is 0 Å².